The van der Waals surface area contributed by atoms with Crippen molar-refractivity contribution in [3.05, 3.63) is 35.6 Å². The molecule has 0 aromatic heterocycles. The molecule has 0 fully saturated rings. The van der Waals surface area contributed by atoms with Crippen LogP contribution in [0.4, 0.5) is 4.39 Å². The molecule has 0 aliphatic rings. The van der Waals surface area contributed by atoms with Crippen LogP contribution in [-0.2, 0) is 6.42 Å². The monoisotopic (exact) mass is 237 g/mol. The number of nitrogens with zero attached hydrogens (tertiary/aromatic N) is 3. The lowest BCUT2D eigenvalue weighted by molar-refractivity contribution is 0.479. The fourth-order valence-corrected chi connectivity index (χ4v) is 1.66. The van der Waals surface area contributed by atoms with Gasteiger partial charge in [-0.1, -0.05) is 18.2 Å². The van der Waals surface area contributed by atoms with Crippen molar-refractivity contribution in [2.45, 2.75) is 6.42 Å². The molecule has 0 radical (unpaired) electrons. The first-order valence-electron chi connectivity index (χ1n) is 5.65. The third-order valence-electron chi connectivity index (χ3n) is 2.39. The quantitative estimate of drug-likeness (QED) is 0.590. The summed E-state index contributed by atoms with van der Waals surface area (Å²) in [4.78, 5) is 8.35. The van der Waals surface area contributed by atoms with Crippen molar-refractivity contribution < 1.29 is 4.39 Å². The molecule has 4 heteroatoms. The molecule has 0 saturated heterocycles. The van der Waals surface area contributed by atoms with Gasteiger partial charge in [0.2, 0.25) is 0 Å². The molecular weight excluding hydrogens is 217 g/mol. The molecule has 0 atom stereocenters. The summed E-state index contributed by atoms with van der Waals surface area (Å²) in [5.41, 5.74) is 0.716. The van der Waals surface area contributed by atoms with Crippen LogP contribution in [0.5, 0.6) is 0 Å². The maximum absolute atomic E-state index is 13.4. The Hall–Kier alpha value is -1.58. The van der Waals surface area contributed by atoms with E-state index in [9.17, 15) is 4.39 Å². The molecule has 0 aliphatic carbocycles. The average molecular weight is 237 g/mol. The highest BCUT2D eigenvalue weighted by molar-refractivity contribution is 5.79. The maximum Gasteiger partial charge on any atom is 0.195 e. The third-order valence-corrected chi connectivity index (χ3v) is 2.39. The van der Waals surface area contributed by atoms with Crippen molar-refractivity contribution in [1.82, 2.24) is 9.80 Å². The summed E-state index contributed by atoms with van der Waals surface area (Å²) in [5.74, 6) is 0.736. The molecule has 94 valence electrons. The Labute approximate surface area is 103 Å². The molecular formula is C13H20FN3. The topological polar surface area (TPSA) is 18.8 Å². The van der Waals surface area contributed by atoms with E-state index in [1.807, 2.05) is 44.1 Å². The molecule has 0 amide bonds. The predicted octanol–water partition coefficient (Wildman–Crippen LogP) is 1.85. The zero-order valence-corrected chi connectivity index (χ0v) is 10.9. The van der Waals surface area contributed by atoms with Crippen molar-refractivity contribution in [1.29, 1.82) is 0 Å². The Kier molecular flexibility index (Phi) is 4.94. The number of benzene rings is 1. The zero-order chi connectivity index (χ0) is 12.8. The van der Waals surface area contributed by atoms with E-state index in [-0.39, 0.29) is 5.82 Å². The van der Waals surface area contributed by atoms with Crippen LogP contribution < -0.4 is 0 Å². The highest BCUT2D eigenvalue weighted by Gasteiger charge is 2.04. The van der Waals surface area contributed by atoms with E-state index in [1.165, 1.54) is 6.07 Å². The van der Waals surface area contributed by atoms with Crippen molar-refractivity contribution >= 4 is 5.96 Å². The van der Waals surface area contributed by atoms with E-state index in [4.69, 9.17) is 0 Å². The van der Waals surface area contributed by atoms with Crippen LogP contribution in [-0.4, -0.2) is 50.5 Å². The minimum atomic E-state index is -0.154. The summed E-state index contributed by atoms with van der Waals surface area (Å²) >= 11 is 0. The first-order valence-corrected chi connectivity index (χ1v) is 5.65. The Morgan fingerprint density at radius 1 is 1.12 bits per heavy atom. The van der Waals surface area contributed by atoms with Gasteiger partial charge in [0, 0.05) is 34.7 Å². The van der Waals surface area contributed by atoms with Gasteiger partial charge >= 0.3 is 0 Å². The minimum Gasteiger partial charge on any atom is -0.349 e. The standard InChI is InChI=1S/C13H20FN3/c1-16(2)13(17(3)4)15-10-9-11-7-5-6-8-12(11)14/h5-8H,9-10H2,1-4H3. The largest absolute Gasteiger partial charge is 0.349 e. The van der Waals surface area contributed by atoms with Crippen LogP contribution in [0.2, 0.25) is 0 Å². The van der Waals surface area contributed by atoms with Crippen LogP contribution in [0, 0.1) is 5.82 Å². The van der Waals surface area contributed by atoms with Gasteiger partial charge in [-0.25, -0.2) is 4.39 Å². The van der Waals surface area contributed by atoms with Crippen LogP contribution in [0.1, 0.15) is 5.56 Å². The van der Waals surface area contributed by atoms with Gasteiger partial charge in [-0.2, -0.15) is 0 Å². The average Bonchev–Trinajstić information content (AvgIpc) is 2.25. The summed E-state index contributed by atoms with van der Waals surface area (Å²) in [5, 5.41) is 0. The molecule has 17 heavy (non-hydrogen) atoms. The van der Waals surface area contributed by atoms with Gasteiger partial charge in [0.05, 0.1) is 0 Å². The number of aliphatic imine (C=N–C) groups is 1. The fraction of sp³-hybridized carbons (Fsp3) is 0.462. The molecule has 1 aromatic carbocycles. The molecule has 0 N–H and O–H groups in total. The van der Waals surface area contributed by atoms with Gasteiger partial charge in [0.25, 0.3) is 0 Å². The lowest BCUT2D eigenvalue weighted by atomic mass is 10.1. The van der Waals surface area contributed by atoms with E-state index < -0.39 is 0 Å². The predicted molar refractivity (Wildman–Crippen MR) is 69.8 cm³/mol. The van der Waals surface area contributed by atoms with Crippen molar-refractivity contribution in [3.8, 4) is 0 Å². The summed E-state index contributed by atoms with van der Waals surface area (Å²) in [7, 11) is 7.79. The molecule has 3 nitrogen and oxygen atoms in total. The highest BCUT2D eigenvalue weighted by atomic mass is 19.1. The minimum absolute atomic E-state index is 0.154. The summed E-state index contributed by atoms with van der Waals surface area (Å²) in [6.45, 7) is 0.590. The summed E-state index contributed by atoms with van der Waals surface area (Å²) in [6.07, 6.45) is 0.623. The Morgan fingerprint density at radius 3 is 2.24 bits per heavy atom. The molecule has 1 aromatic rings. The highest BCUT2D eigenvalue weighted by Crippen LogP contribution is 2.07. The fourth-order valence-electron chi connectivity index (χ4n) is 1.66. The van der Waals surface area contributed by atoms with E-state index in [1.54, 1.807) is 12.1 Å². The summed E-state index contributed by atoms with van der Waals surface area (Å²) < 4.78 is 13.4. The van der Waals surface area contributed by atoms with Gasteiger partial charge in [0.15, 0.2) is 5.96 Å². The van der Waals surface area contributed by atoms with E-state index >= 15 is 0 Å². The smallest absolute Gasteiger partial charge is 0.195 e. The van der Waals surface area contributed by atoms with Gasteiger partial charge in [-0.3, -0.25) is 4.99 Å². The van der Waals surface area contributed by atoms with E-state index in [0.29, 0.717) is 18.5 Å². The second kappa shape index (κ2) is 6.23. The van der Waals surface area contributed by atoms with Gasteiger partial charge in [-0.15, -0.1) is 0 Å². The molecule has 0 spiro atoms. The van der Waals surface area contributed by atoms with Crippen LogP contribution in [0.25, 0.3) is 0 Å². The second-order valence-corrected chi connectivity index (χ2v) is 4.31. The lowest BCUT2D eigenvalue weighted by Crippen LogP contribution is -2.35. The van der Waals surface area contributed by atoms with Crippen molar-refractivity contribution in [3.63, 3.8) is 0 Å². The normalized spacial score (nSPS) is 9.94. The van der Waals surface area contributed by atoms with Crippen molar-refractivity contribution in [2.75, 3.05) is 34.7 Å². The van der Waals surface area contributed by atoms with Gasteiger partial charge in [-0.05, 0) is 18.1 Å². The Morgan fingerprint density at radius 2 is 1.71 bits per heavy atom. The van der Waals surface area contributed by atoms with Crippen LogP contribution in [0.3, 0.4) is 0 Å². The van der Waals surface area contributed by atoms with E-state index in [0.717, 1.165) is 5.96 Å². The molecule has 1 rings (SSSR count). The second-order valence-electron chi connectivity index (χ2n) is 4.31. The number of hydrogen-bond donors (Lipinski definition) is 0. The number of hydrogen-bond acceptors (Lipinski definition) is 1. The lowest BCUT2D eigenvalue weighted by Gasteiger charge is -2.22. The number of rotatable bonds is 3. The van der Waals surface area contributed by atoms with Gasteiger partial charge < -0.3 is 9.80 Å². The summed E-state index contributed by atoms with van der Waals surface area (Å²) in [6, 6.07) is 6.84. The first-order chi connectivity index (χ1) is 8.02. The SMILES string of the molecule is CN(C)C(=NCCc1ccccc1F)N(C)C. The number of guanidine groups is 1. The zero-order valence-electron chi connectivity index (χ0n) is 10.9. The molecule has 0 bridgehead atoms. The molecule has 0 saturated carbocycles. The van der Waals surface area contributed by atoms with E-state index in [2.05, 4.69) is 4.99 Å². The number of halogens is 1. The Balaban J connectivity index is 2.62. The van der Waals surface area contributed by atoms with Crippen LogP contribution >= 0.6 is 0 Å². The molecule has 0 unspecified atom stereocenters. The third kappa shape index (κ3) is 4.06. The van der Waals surface area contributed by atoms with Gasteiger partial charge in [0.1, 0.15) is 5.82 Å². The van der Waals surface area contributed by atoms with Crippen LogP contribution in [0.15, 0.2) is 29.3 Å². The maximum atomic E-state index is 13.4. The molecule has 0 heterocycles. The van der Waals surface area contributed by atoms with Crippen molar-refractivity contribution in [2.24, 2.45) is 4.99 Å². The Bertz CT molecular complexity index is 376. The molecule has 0 aliphatic heterocycles. The first kappa shape index (κ1) is 13.5.